The van der Waals surface area contributed by atoms with E-state index in [0.717, 1.165) is 0 Å². The number of carboxylic acids is 1. The summed E-state index contributed by atoms with van der Waals surface area (Å²) >= 11 is 0. The van der Waals surface area contributed by atoms with Crippen molar-refractivity contribution in [2.45, 2.75) is 39.7 Å². The molecule has 0 saturated heterocycles. The quantitative estimate of drug-likeness (QED) is 0.600. The molecule has 5 nitrogen and oxygen atoms in total. The van der Waals surface area contributed by atoms with Crippen LogP contribution in [-0.2, 0) is 18.1 Å². The summed E-state index contributed by atoms with van der Waals surface area (Å²) in [5.41, 5.74) is 0. The van der Waals surface area contributed by atoms with Crippen LogP contribution < -0.4 is 0 Å². The van der Waals surface area contributed by atoms with Gasteiger partial charge in [0, 0.05) is 32.3 Å². The summed E-state index contributed by atoms with van der Waals surface area (Å²) in [4.78, 5) is 10.5. The van der Waals surface area contributed by atoms with Crippen LogP contribution in [0.3, 0.4) is 0 Å². The molecule has 0 aliphatic rings. The van der Waals surface area contributed by atoms with Gasteiger partial charge < -0.3 is 18.4 Å². The smallest absolute Gasteiger partial charge is 0.481 e. The van der Waals surface area contributed by atoms with Crippen molar-refractivity contribution in [3.63, 3.8) is 0 Å². The summed E-state index contributed by atoms with van der Waals surface area (Å²) in [5, 5.41) is 8.59. The minimum Gasteiger partial charge on any atom is -0.481 e. The van der Waals surface area contributed by atoms with Gasteiger partial charge in [0.1, 0.15) is 0 Å². The molecule has 0 fully saturated rings. The van der Waals surface area contributed by atoms with Crippen molar-refractivity contribution in [3.8, 4) is 0 Å². The summed E-state index contributed by atoms with van der Waals surface area (Å²) in [6, 6.07) is 0.564. The molecule has 0 heterocycles. The first-order chi connectivity index (χ1) is 7.60. The van der Waals surface area contributed by atoms with Gasteiger partial charge >= 0.3 is 14.8 Å². The van der Waals surface area contributed by atoms with E-state index in [0.29, 0.717) is 32.3 Å². The molecule has 16 heavy (non-hydrogen) atoms. The van der Waals surface area contributed by atoms with E-state index in [-0.39, 0.29) is 6.42 Å². The molecule has 6 heteroatoms. The fraction of sp³-hybridized carbons (Fsp3) is 0.900. The third kappa shape index (κ3) is 6.22. The van der Waals surface area contributed by atoms with Crippen molar-refractivity contribution >= 4 is 14.8 Å². The predicted octanol–water partition coefficient (Wildman–Crippen LogP) is 1.90. The Bertz CT molecular complexity index is 181. The van der Waals surface area contributed by atoms with E-state index >= 15 is 0 Å². The second kappa shape index (κ2) is 8.69. The van der Waals surface area contributed by atoms with Gasteiger partial charge in [0.25, 0.3) is 0 Å². The van der Waals surface area contributed by atoms with Crippen molar-refractivity contribution < 1.29 is 23.2 Å². The second-order valence-electron chi connectivity index (χ2n) is 3.23. The van der Waals surface area contributed by atoms with Crippen LogP contribution >= 0.6 is 0 Å². The van der Waals surface area contributed by atoms with Crippen LogP contribution in [0.4, 0.5) is 0 Å². The zero-order chi connectivity index (χ0) is 12.4. The molecule has 0 amide bonds. The minimum atomic E-state index is -2.63. The highest BCUT2D eigenvalue weighted by Crippen LogP contribution is 2.19. The van der Waals surface area contributed by atoms with Gasteiger partial charge in [-0.25, -0.2) is 0 Å². The number of carboxylic acid groups (broad SMARTS) is 1. The molecule has 0 aromatic rings. The fourth-order valence-electron chi connectivity index (χ4n) is 1.46. The highest BCUT2D eigenvalue weighted by Gasteiger charge is 2.39. The molecule has 0 aliphatic heterocycles. The summed E-state index contributed by atoms with van der Waals surface area (Å²) in [6.45, 7) is 7.24. The average molecular weight is 250 g/mol. The van der Waals surface area contributed by atoms with Gasteiger partial charge in [0.2, 0.25) is 0 Å². The van der Waals surface area contributed by atoms with Crippen molar-refractivity contribution in [2.75, 3.05) is 19.8 Å². The van der Waals surface area contributed by atoms with Gasteiger partial charge in [0.15, 0.2) is 0 Å². The van der Waals surface area contributed by atoms with Gasteiger partial charge in [-0.15, -0.1) is 0 Å². The topological polar surface area (TPSA) is 65.0 Å². The van der Waals surface area contributed by atoms with Crippen LogP contribution in [-0.4, -0.2) is 39.7 Å². The standard InChI is InChI=1S/C10H22O5Si/c1-4-13-16(14-5-2,15-6-3)9-7-8-10(11)12/h4-9H2,1-3H3,(H,11,12). The summed E-state index contributed by atoms with van der Waals surface area (Å²) in [5.74, 6) is -0.799. The zero-order valence-corrected chi connectivity index (χ0v) is 11.3. The molecule has 0 spiro atoms. The van der Waals surface area contributed by atoms with Gasteiger partial charge in [-0.3, -0.25) is 4.79 Å². The molecule has 1 N–H and O–H groups in total. The lowest BCUT2D eigenvalue weighted by atomic mass is 10.3. The Hall–Kier alpha value is -0.433. The normalized spacial score (nSPS) is 11.7. The monoisotopic (exact) mass is 250 g/mol. The van der Waals surface area contributed by atoms with E-state index in [2.05, 4.69) is 0 Å². The molecule has 0 aromatic carbocycles. The molecule has 0 aliphatic carbocycles. The maximum absolute atomic E-state index is 10.5. The Morgan fingerprint density at radius 2 is 1.50 bits per heavy atom. The van der Waals surface area contributed by atoms with Gasteiger partial charge in [-0.05, 0) is 27.2 Å². The van der Waals surface area contributed by atoms with Crippen molar-refractivity contribution in [2.24, 2.45) is 0 Å². The Morgan fingerprint density at radius 3 is 1.81 bits per heavy atom. The number of aliphatic carboxylic acids is 1. The third-order valence-corrected chi connectivity index (χ3v) is 5.12. The second-order valence-corrected chi connectivity index (χ2v) is 5.96. The van der Waals surface area contributed by atoms with E-state index in [1.54, 1.807) is 0 Å². The summed E-state index contributed by atoms with van der Waals surface area (Å²) < 4.78 is 16.8. The van der Waals surface area contributed by atoms with Crippen LogP contribution in [0.2, 0.25) is 6.04 Å². The molecule has 0 bridgehead atoms. The lowest BCUT2D eigenvalue weighted by molar-refractivity contribution is -0.137. The Balaban J connectivity index is 4.28. The minimum absolute atomic E-state index is 0.127. The number of rotatable bonds is 10. The molecule has 0 radical (unpaired) electrons. The first-order valence-corrected chi connectivity index (χ1v) is 7.67. The van der Waals surface area contributed by atoms with Gasteiger partial charge in [-0.2, -0.15) is 0 Å². The third-order valence-electron chi connectivity index (χ3n) is 1.97. The van der Waals surface area contributed by atoms with Crippen LogP contribution in [0.1, 0.15) is 33.6 Å². The van der Waals surface area contributed by atoms with Crippen molar-refractivity contribution in [1.29, 1.82) is 0 Å². The molecule has 96 valence electrons. The summed E-state index contributed by atoms with van der Waals surface area (Å²) in [7, 11) is -2.63. The predicted molar refractivity (Wildman–Crippen MR) is 62.3 cm³/mol. The first kappa shape index (κ1) is 15.6. The Kier molecular flexibility index (Phi) is 8.45. The maximum atomic E-state index is 10.5. The lowest BCUT2D eigenvalue weighted by Crippen LogP contribution is -2.46. The molecule has 0 atom stereocenters. The SMILES string of the molecule is CCO[Si](CCCC(=O)O)(OCC)OCC. The molecule has 0 unspecified atom stereocenters. The fourth-order valence-corrected chi connectivity index (χ4v) is 4.07. The summed E-state index contributed by atoms with van der Waals surface area (Å²) in [6.07, 6.45) is 0.656. The Labute approximate surface area is 98.1 Å². The van der Waals surface area contributed by atoms with Crippen LogP contribution in [0.5, 0.6) is 0 Å². The van der Waals surface area contributed by atoms with Gasteiger partial charge in [-0.1, -0.05) is 0 Å². The van der Waals surface area contributed by atoms with Crippen LogP contribution in [0.25, 0.3) is 0 Å². The first-order valence-electron chi connectivity index (χ1n) is 5.73. The van der Waals surface area contributed by atoms with Gasteiger partial charge in [0.05, 0.1) is 0 Å². The molecule has 0 saturated carbocycles. The average Bonchev–Trinajstić information content (AvgIpc) is 2.18. The Morgan fingerprint density at radius 1 is 1.06 bits per heavy atom. The molecule has 0 rings (SSSR count). The lowest BCUT2D eigenvalue weighted by Gasteiger charge is -2.28. The van der Waals surface area contributed by atoms with Crippen LogP contribution in [0, 0.1) is 0 Å². The van der Waals surface area contributed by atoms with E-state index in [9.17, 15) is 4.79 Å². The number of hydrogen-bond acceptors (Lipinski definition) is 4. The molecular formula is C10H22O5Si. The highest BCUT2D eigenvalue weighted by molar-refractivity contribution is 6.60. The van der Waals surface area contributed by atoms with Crippen molar-refractivity contribution in [3.05, 3.63) is 0 Å². The van der Waals surface area contributed by atoms with E-state index in [1.165, 1.54) is 0 Å². The molecular weight excluding hydrogens is 228 g/mol. The largest absolute Gasteiger partial charge is 0.500 e. The molecule has 0 aromatic heterocycles. The van der Waals surface area contributed by atoms with E-state index in [1.807, 2.05) is 20.8 Å². The van der Waals surface area contributed by atoms with E-state index < -0.39 is 14.8 Å². The number of hydrogen-bond donors (Lipinski definition) is 1. The van der Waals surface area contributed by atoms with E-state index in [4.69, 9.17) is 18.4 Å². The highest BCUT2D eigenvalue weighted by atomic mass is 28.4. The number of carbonyl (C=O) groups is 1. The van der Waals surface area contributed by atoms with Crippen LogP contribution in [0.15, 0.2) is 0 Å². The maximum Gasteiger partial charge on any atom is 0.500 e. The van der Waals surface area contributed by atoms with Crippen molar-refractivity contribution in [1.82, 2.24) is 0 Å². The zero-order valence-electron chi connectivity index (χ0n) is 10.3.